The fraction of sp³-hybridized carbons (Fsp3) is 0.238. The van der Waals surface area contributed by atoms with Gasteiger partial charge in [-0.15, -0.1) is 0 Å². The van der Waals surface area contributed by atoms with Gasteiger partial charge in [0.05, 0.1) is 17.2 Å². The van der Waals surface area contributed by atoms with Crippen molar-refractivity contribution in [2.45, 2.75) is 25.5 Å². The van der Waals surface area contributed by atoms with Crippen molar-refractivity contribution in [2.24, 2.45) is 0 Å². The molecule has 0 aromatic heterocycles. The maximum absolute atomic E-state index is 12.1. The van der Waals surface area contributed by atoms with Gasteiger partial charge in [0.1, 0.15) is 18.2 Å². The summed E-state index contributed by atoms with van der Waals surface area (Å²) in [6.07, 6.45) is 3.45. The van der Waals surface area contributed by atoms with Crippen LogP contribution in [0.1, 0.15) is 24.0 Å². The molecule has 144 valence electrons. The monoisotopic (exact) mass is 416 g/mol. The molecule has 7 heteroatoms. The third kappa shape index (κ3) is 5.19. The highest BCUT2D eigenvalue weighted by Gasteiger charge is 2.24. The van der Waals surface area contributed by atoms with Gasteiger partial charge in [-0.2, -0.15) is 5.26 Å². The van der Waals surface area contributed by atoms with Crippen LogP contribution in [0, 0.1) is 11.3 Å². The highest BCUT2D eigenvalue weighted by Crippen LogP contribution is 2.30. The Labute approximate surface area is 173 Å². The minimum absolute atomic E-state index is 0.0541. The van der Waals surface area contributed by atoms with Crippen molar-refractivity contribution in [2.75, 3.05) is 7.11 Å². The predicted octanol–water partition coefficient (Wildman–Crippen LogP) is 4.77. The molecule has 1 aliphatic rings. The van der Waals surface area contributed by atoms with Gasteiger partial charge in [0.25, 0.3) is 5.91 Å². The molecule has 0 atom stereocenters. The van der Waals surface area contributed by atoms with Gasteiger partial charge in [-0.25, -0.2) is 0 Å². The van der Waals surface area contributed by atoms with Crippen molar-refractivity contribution < 1.29 is 14.3 Å². The van der Waals surface area contributed by atoms with E-state index in [1.54, 1.807) is 30.3 Å². The predicted molar refractivity (Wildman–Crippen MR) is 109 cm³/mol. The molecule has 5 nitrogen and oxygen atoms in total. The van der Waals surface area contributed by atoms with Crippen LogP contribution < -0.4 is 14.8 Å². The van der Waals surface area contributed by atoms with E-state index in [0.717, 1.165) is 18.4 Å². The highest BCUT2D eigenvalue weighted by molar-refractivity contribution is 6.42. The van der Waals surface area contributed by atoms with Crippen LogP contribution >= 0.6 is 23.2 Å². The Balaban J connectivity index is 1.73. The van der Waals surface area contributed by atoms with E-state index in [4.69, 9.17) is 32.7 Å². The maximum atomic E-state index is 12.1. The Bertz CT molecular complexity index is 963. The first-order valence-electron chi connectivity index (χ1n) is 8.67. The SMILES string of the molecule is COc1cc(/C=C(\C#N)C(=O)NC2CC2)ccc1OCc1ccc(Cl)c(Cl)c1. The minimum atomic E-state index is -0.357. The summed E-state index contributed by atoms with van der Waals surface area (Å²) in [6.45, 7) is 0.287. The third-order valence-electron chi connectivity index (χ3n) is 4.15. The van der Waals surface area contributed by atoms with Gasteiger partial charge < -0.3 is 14.8 Å². The van der Waals surface area contributed by atoms with Gasteiger partial charge in [0, 0.05) is 6.04 Å². The number of carbonyl (C=O) groups is 1. The largest absolute Gasteiger partial charge is 0.493 e. The molecule has 2 aromatic rings. The lowest BCUT2D eigenvalue weighted by molar-refractivity contribution is -0.117. The summed E-state index contributed by atoms with van der Waals surface area (Å²) >= 11 is 11.9. The molecule has 2 aromatic carbocycles. The number of carbonyl (C=O) groups excluding carboxylic acids is 1. The number of benzene rings is 2. The summed E-state index contributed by atoms with van der Waals surface area (Å²) < 4.78 is 11.2. The number of hydrogen-bond acceptors (Lipinski definition) is 4. The molecule has 28 heavy (non-hydrogen) atoms. The molecule has 3 rings (SSSR count). The first-order chi connectivity index (χ1) is 13.5. The number of amides is 1. The summed E-state index contributed by atoms with van der Waals surface area (Å²) in [5.41, 5.74) is 1.59. The fourth-order valence-electron chi connectivity index (χ4n) is 2.49. The molecule has 0 radical (unpaired) electrons. The van der Waals surface area contributed by atoms with E-state index in [9.17, 15) is 10.1 Å². The number of rotatable bonds is 7. The lowest BCUT2D eigenvalue weighted by Gasteiger charge is -2.12. The normalized spacial score (nSPS) is 13.6. The Hall–Kier alpha value is -2.68. The van der Waals surface area contributed by atoms with E-state index in [1.165, 1.54) is 13.2 Å². The van der Waals surface area contributed by atoms with Gasteiger partial charge in [-0.3, -0.25) is 4.79 Å². The second-order valence-corrected chi connectivity index (χ2v) is 7.18. The van der Waals surface area contributed by atoms with Crippen LogP contribution in [-0.2, 0) is 11.4 Å². The topological polar surface area (TPSA) is 71.3 Å². The minimum Gasteiger partial charge on any atom is -0.493 e. The Kier molecular flexibility index (Phi) is 6.45. The molecular weight excluding hydrogens is 399 g/mol. The van der Waals surface area contributed by atoms with E-state index in [0.29, 0.717) is 27.1 Å². The molecule has 0 saturated heterocycles. The van der Waals surface area contributed by atoms with Gasteiger partial charge in [0.2, 0.25) is 0 Å². The Morgan fingerprint density at radius 2 is 2.00 bits per heavy atom. The van der Waals surface area contributed by atoms with E-state index in [2.05, 4.69) is 5.32 Å². The smallest absolute Gasteiger partial charge is 0.262 e. The molecule has 1 amide bonds. The number of nitrogens with zero attached hydrogens (tertiary/aromatic N) is 1. The molecule has 0 bridgehead atoms. The summed E-state index contributed by atoms with van der Waals surface area (Å²) in [7, 11) is 1.53. The van der Waals surface area contributed by atoms with Crippen molar-refractivity contribution in [1.29, 1.82) is 5.26 Å². The van der Waals surface area contributed by atoms with Crippen molar-refractivity contribution >= 4 is 35.2 Å². The van der Waals surface area contributed by atoms with Gasteiger partial charge >= 0.3 is 0 Å². The van der Waals surface area contributed by atoms with Crippen LogP contribution in [0.3, 0.4) is 0 Å². The number of ether oxygens (including phenoxy) is 2. The zero-order valence-corrected chi connectivity index (χ0v) is 16.7. The molecular formula is C21H18Cl2N2O3. The number of nitrogens with one attached hydrogen (secondary N) is 1. The summed E-state index contributed by atoms with van der Waals surface area (Å²) in [6, 6.07) is 12.6. The highest BCUT2D eigenvalue weighted by atomic mass is 35.5. The van der Waals surface area contributed by atoms with Crippen molar-refractivity contribution in [1.82, 2.24) is 5.32 Å². The van der Waals surface area contributed by atoms with Crippen LogP contribution in [0.5, 0.6) is 11.5 Å². The molecule has 0 spiro atoms. The molecule has 1 N–H and O–H groups in total. The number of nitriles is 1. The molecule has 0 unspecified atom stereocenters. The summed E-state index contributed by atoms with van der Waals surface area (Å²) in [4.78, 5) is 12.1. The first kappa shape index (κ1) is 20.1. The van der Waals surface area contributed by atoms with Gasteiger partial charge in [-0.05, 0) is 54.3 Å². The van der Waals surface area contributed by atoms with Crippen LogP contribution in [0.15, 0.2) is 42.0 Å². The average Bonchev–Trinajstić information content (AvgIpc) is 3.51. The lowest BCUT2D eigenvalue weighted by atomic mass is 10.1. The number of hydrogen-bond donors (Lipinski definition) is 1. The second-order valence-electron chi connectivity index (χ2n) is 6.36. The van der Waals surface area contributed by atoms with Crippen LogP contribution in [-0.4, -0.2) is 19.1 Å². The lowest BCUT2D eigenvalue weighted by Crippen LogP contribution is -2.26. The van der Waals surface area contributed by atoms with Crippen molar-refractivity contribution in [3.05, 3.63) is 63.1 Å². The Morgan fingerprint density at radius 1 is 1.21 bits per heavy atom. The van der Waals surface area contributed by atoms with E-state index >= 15 is 0 Å². The molecule has 0 aliphatic heterocycles. The molecule has 0 heterocycles. The van der Waals surface area contributed by atoms with Crippen LogP contribution in [0.25, 0.3) is 6.08 Å². The van der Waals surface area contributed by atoms with Crippen LogP contribution in [0.4, 0.5) is 0 Å². The molecule has 1 fully saturated rings. The average molecular weight is 417 g/mol. The molecule has 1 aliphatic carbocycles. The van der Waals surface area contributed by atoms with Gasteiger partial charge in [-0.1, -0.05) is 35.3 Å². The van der Waals surface area contributed by atoms with E-state index in [-0.39, 0.29) is 24.1 Å². The van der Waals surface area contributed by atoms with Crippen molar-refractivity contribution in [3.8, 4) is 17.6 Å². The van der Waals surface area contributed by atoms with Crippen LogP contribution in [0.2, 0.25) is 10.0 Å². The van der Waals surface area contributed by atoms with Crippen molar-refractivity contribution in [3.63, 3.8) is 0 Å². The Morgan fingerprint density at radius 3 is 2.64 bits per heavy atom. The standard InChI is InChI=1S/C21H18Cl2N2O3/c1-27-20-10-13(8-15(11-24)21(26)25-16-4-5-16)3-7-19(20)28-12-14-2-6-17(22)18(23)9-14/h2-3,6-10,16H,4-5,12H2,1H3,(H,25,26)/b15-8+. The fourth-order valence-corrected chi connectivity index (χ4v) is 2.81. The number of halogens is 2. The third-order valence-corrected chi connectivity index (χ3v) is 4.89. The van der Waals surface area contributed by atoms with E-state index in [1.807, 2.05) is 12.1 Å². The van der Waals surface area contributed by atoms with Gasteiger partial charge in [0.15, 0.2) is 11.5 Å². The quantitative estimate of drug-likeness (QED) is 0.521. The zero-order chi connectivity index (χ0) is 20.1. The molecule has 1 saturated carbocycles. The number of methoxy groups -OCH3 is 1. The summed E-state index contributed by atoms with van der Waals surface area (Å²) in [5, 5.41) is 13.0. The second kappa shape index (κ2) is 9.01. The van der Waals surface area contributed by atoms with E-state index < -0.39 is 0 Å². The summed E-state index contributed by atoms with van der Waals surface area (Å²) in [5.74, 6) is 0.671. The maximum Gasteiger partial charge on any atom is 0.262 e. The first-order valence-corrected chi connectivity index (χ1v) is 9.43. The zero-order valence-electron chi connectivity index (χ0n) is 15.2.